The lowest BCUT2D eigenvalue weighted by molar-refractivity contribution is -0.117. The van der Waals surface area contributed by atoms with Crippen LogP contribution in [-0.2, 0) is 4.79 Å². The quantitative estimate of drug-likeness (QED) is 0.902. The van der Waals surface area contributed by atoms with Crippen molar-refractivity contribution in [3.05, 3.63) is 28.2 Å². The van der Waals surface area contributed by atoms with Gasteiger partial charge in [-0.2, -0.15) is 0 Å². The highest BCUT2D eigenvalue weighted by Gasteiger charge is 2.19. The molecule has 1 aromatic rings. The second-order valence-electron chi connectivity index (χ2n) is 5.26. The minimum atomic E-state index is -0.0751. The van der Waals surface area contributed by atoms with E-state index in [2.05, 4.69) is 22.0 Å². The number of nitrogens with zero attached hydrogens (tertiary/aromatic N) is 2. The molecular weight excluding hydrogens is 309 g/mol. The number of hydrogen-bond donors (Lipinski definition) is 1. The van der Waals surface area contributed by atoms with Crippen molar-refractivity contribution in [2.45, 2.75) is 13.3 Å². The summed E-state index contributed by atoms with van der Waals surface area (Å²) in [4.78, 5) is 16.7. The summed E-state index contributed by atoms with van der Waals surface area (Å²) in [7, 11) is 0. The zero-order valence-electron chi connectivity index (χ0n) is 12.2. The van der Waals surface area contributed by atoms with Crippen LogP contribution >= 0.6 is 23.2 Å². The molecule has 0 atom stereocenters. The Morgan fingerprint density at radius 2 is 1.71 bits per heavy atom. The van der Waals surface area contributed by atoms with E-state index in [0.717, 1.165) is 32.7 Å². The van der Waals surface area contributed by atoms with Crippen molar-refractivity contribution in [3.63, 3.8) is 0 Å². The molecule has 0 aromatic heterocycles. The molecule has 116 valence electrons. The Morgan fingerprint density at radius 3 is 2.29 bits per heavy atom. The molecule has 0 unspecified atom stereocenters. The fourth-order valence-corrected chi connectivity index (χ4v) is 2.98. The molecule has 1 saturated heterocycles. The summed E-state index contributed by atoms with van der Waals surface area (Å²) in [5.41, 5.74) is 0.496. The molecule has 6 heteroatoms. The second-order valence-corrected chi connectivity index (χ2v) is 6.08. The number of carbonyl (C=O) groups excluding carboxylic acids is 1. The Balaban J connectivity index is 1.83. The van der Waals surface area contributed by atoms with E-state index in [9.17, 15) is 4.79 Å². The Kier molecular flexibility index (Phi) is 6.30. The van der Waals surface area contributed by atoms with Crippen molar-refractivity contribution in [3.8, 4) is 0 Å². The predicted octanol–water partition coefficient (Wildman–Crippen LogP) is 2.96. The minimum absolute atomic E-state index is 0.0751. The zero-order valence-corrected chi connectivity index (χ0v) is 13.8. The Labute approximate surface area is 136 Å². The SMILES string of the molecule is CCCN1CCN(CC(=O)Nc2c(Cl)cccc2Cl)CC1. The average Bonchev–Trinajstić information content (AvgIpc) is 2.45. The highest BCUT2D eigenvalue weighted by Crippen LogP contribution is 2.29. The molecule has 1 fully saturated rings. The third-order valence-corrected chi connectivity index (χ3v) is 4.23. The van der Waals surface area contributed by atoms with Crippen LogP contribution in [0.3, 0.4) is 0 Å². The van der Waals surface area contributed by atoms with E-state index < -0.39 is 0 Å². The van der Waals surface area contributed by atoms with E-state index in [0.29, 0.717) is 22.3 Å². The van der Waals surface area contributed by atoms with Crippen molar-refractivity contribution < 1.29 is 4.79 Å². The molecular formula is C15H21Cl2N3O. The summed E-state index contributed by atoms with van der Waals surface area (Å²) in [6, 6.07) is 5.19. The number of nitrogens with one attached hydrogen (secondary N) is 1. The number of benzene rings is 1. The van der Waals surface area contributed by atoms with Crippen LogP contribution in [0.4, 0.5) is 5.69 Å². The van der Waals surface area contributed by atoms with Crippen LogP contribution in [0.5, 0.6) is 0 Å². The van der Waals surface area contributed by atoms with Gasteiger partial charge < -0.3 is 10.2 Å². The van der Waals surface area contributed by atoms with Gasteiger partial charge in [0.2, 0.25) is 5.91 Å². The van der Waals surface area contributed by atoms with Crippen LogP contribution < -0.4 is 5.32 Å². The molecule has 1 N–H and O–H groups in total. The summed E-state index contributed by atoms with van der Waals surface area (Å²) in [6.45, 7) is 7.58. The first kappa shape index (κ1) is 16.6. The summed E-state index contributed by atoms with van der Waals surface area (Å²) in [5, 5.41) is 3.73. The van der Waals surface area contributed by atoms with Crippen LogP contribution in [0.2, 0.25) is 10.0 Å². The lowest BCUT2D eigenvalue weighted by Gasteiger charge is -2.34. The van der Waals surface area contributed by atoms with E-state index in [4.69, 9.17) is 23.2 Å². The number of hydrogen-bond acceptors (Lipinski definition) is 3. The lowest BCUT2D eigenvalue weighted by Crippen LogP contribution is -2.48. The van der Waals surface area contributed by atoms with Gasteiger partial charge in [-0.25, -0.2) is 0 Å². The molecule has 0 radical (unpaired) electrons. The number of amides is 1. The van der Waals surface area contributed by atoms with Crippen molar-refractivity contribution in [1.29, 1.82) is 0 Å². The smallest absolute Gasteiger partial charge is 0.238 e. The highest BCUT2D eigenvalue weighted by atomic mass is 35.5. The largest absolute Gasteiger partial charge is 0.322 e. The maximum atomic E-state index is 12.1. The van der Waals surface area contributed by atoms with Crippen LogP contribution in [-0.4, -0.2) is 55.0 Å². The molecule has 21 heavy (non-hydrogen) atoms. The minimum Gasteiger partial charge on any atom is -0.322 e. The van der Waals surface area contributed by atoms with Gasteiger partial charge in [0.1, 0.15) is 0 Å². The maximum absolute atomic E-state index is 12.1. The summed E-state index contributed by atoms with van der Waals surface area (Å²) in [6.07, 6.45) is 1.17. The first-order valence-corrected chi connectivity index (χ1v) is 8.04. The van der Waals surface area contributed by atoms with Gasteiger partial charge >= 0.3 is 0 Å². The third-order valence-electron chi connectivity index (χ3n) is 3.60. The van der Waals surface area contributed by atoms with E-state index >= 15 is 0 Å². The monoisotopic (exact) mass is 329 g/mol. The molecule has 0 spiro atoms. The van der Waals surface area contributed by atoms with E-state index in [1.54, 1.807) is 18.2 Å². The summed E-state index contributed by atoms with van der Waals surface area (Å²) < 4.78 is 0. The molecule has 1 amide bonds. The van der Waals surface area contributed by atoms with Gasteiger partial charge in [0.25, 0.3) is 0 Å². The van der Waals surface area contributed by atoms with Gasteiger partial charge in [-0.3, -0.25) is 9.69 Å². The number of rotatable bonds is 5. The van der Waals surface area contributed by atoms with Crippen LogP contribution in [0.25, 0.3) is 0 Å². The molecule has 0 aliphatic carbocycles. The van der Waals surface area contributed by atoms with Gasteiger partial charge in [-0.1, -0.05) is 36.2 Å². The van der Waals surface area contributed by atoms with Gasteiger partial charge in [0.05, 0.1) is 22.3 Å². The molecule has 1 aliphatic heterocycles. The molecule has 2 rings (SSSR count). The number of para-hydroxylation sites is 1. The first-order valence-electron chi connectivity index (χ1n) is 7.28. The Hall–Kier alpha value is -0.810. The van der Waals surface area contributed by atoms with E-state index in [1.165, 1.54) is 6.42 Å². The van der Waals surface area contributed by atoms with Crippen LogP contribution in [0, 0.1) is 0 Å². The zero-order chi connectivity index (χ0) is 15.2. The van der Waals surface area contributed by atoms with Gasteiger partial charge in [0.15, 0.2) is 0 Å². The highest BCUT2D eigenvalue weighted by molar-refractivity contribution is 6.39. The normalized spacial score (nSPS) is 16.9. The Bertz CT molecular complexity index is 468. The summed E-state index contributed by atoms with van der Waals surface area (Å²) in [5.74, 6) is -0.0751. The standard InChI is InChI=1S/C15H21Cl2N3O/c1-2-6-19-7-9-20(10-8-19)11-14(21)18-15-12(16)4-3-5-13(15)17/h3-5H,2,6-11H2,1H3,(H,18,21). The predicted molar refractivity (Wildman–Crippen MR) is 88.3 cm³/mol. The number of piperazine rings is 1. The van der Waals surface area contributed by atoms with E-state index in [1.807, 2.05) is 0 Å². The van der Waals surface area contributed by atoms with Crippen molar-refractivity contribution >= 4 is 34.8 Å². The first-order chi connectivity index (χ1) is 10.1. The number of carbonyl (C=O) groups is 1. The van der Waals surface area contributed by atoms with Crippen LogP contribution in [0.15, 0.2) is 18.2 Å². The molecule has 1 aliphatic rings. The van der Waals surface area contributed by atoms with Crippen molar-refractivity contribution in [1.82, 2.24) is 9.80 Å². The van der Waals surface area contributed by atoms with Crippen molar-refractivity contribution in [2.24, 2.45) is 0 Å². The average molecular weight is 330 g/mol. The fraction of sp³-hybridized carbons (Fsp3) is 0.533. The lowest BCUT2D eigenvalue weighted by atomic mass is 10.3. The molecule has 0 bridgehead atoms. The van der Waals surface area contributed by atoms with Gasteiger partial charge in [0, 0.05) is 26.2 Å². The number of anilines is 1. The third kappa shape index (κ3) is 4.85. The molecule has 0 saturated carbocycles. The van der Waals surface area contributed by atoms with Gasteiger partial charge in [-0.15, -0.1) is 0 Å². The number of halogens is 2. The molecule has 1 aromatic carbocycles. The van der Waals surface area contributed by atoms with E-state index in [-0.39, 0.29) is 5.91 Å². The maximum Gasteiger partial charge on any atom is 0.238 e. The topological polar surface area (TPSA) is 35.6 Å². The van der Waals surface area contributed by atoms with Crippen LogP contribution in [0.1, 0.15) is 13.3 Å². The van der Waals surface area contributed by atoms with Crippen molar-refractivity contribution in [2.75, 3.05) is 44.6 Å². The van der Waals surface area contributed by atoms with Gasteiger partial charge in [-0.05, 0) is 25.1 Å². The fourth-order valence-electron chi connectivity index (χ4n) is 2.49. The molecule has 1 heterocycles. The molecule has 4 nitrogen and oxygen atoms in total. The Morgan fingerprint density at radius 1 is 1.14 bits per heavy atom. The summed E-state index contributed by atoms with van der Waals surface area (Å²) >= 11 is 12.1. The second kappa shape index (κ2) is 7.99.